The topological polar surface area (TPSA) is 94.6 Å². The maximum atomic E-state index is 11.7. The molecule has 0 spiro atoms. The Morgan fingerprint density at radius 2 is 2.00 bits per heavy atom. The van der Waals surface area contributed by atoms with Gasteiger partial charge in [-0.05, 0) is 36.9 Å². The fourth-order valence-electron chi connectivity index (χ4n) is 2.80. The van der Waals surface area contributed by atoms with Crippen LogP contribution in [0.1, 0.15) is 18.2 Å². The van der Waals surface area contributed by atoms with Gasteiger partial charge in [0, 0.05) is 24.2 Å². The molecule has 0 aliphatic rings. The van der Waals surface area contributed by atoms with Crippen molar-refractivity contribution in [1.82, 2.24) is 4.98 Å². The minimum Gasteiger partial charge on any atom is -0.380 e. The van der Waals surface area contributed by atoms with Crippen molar-refractivity contribution in [2.75, 3.05) is 28.6 Å². The van der Waals surface area contributed by atoms with Gasteiger partial charge in [-0.3, -0.25) is 9.59 Å². The number of thiophene rings is 1. The lowest BCUT2D eigenvalue weighted by molar-refractivity contribution is 0.224. The van der Waals surface area contributed by atoms with Gasteiger partial charge < -0.3 is 20.6 Å². The first-order valence-corrected chi connectivity index (χ1v) is 9.64. The van der Waals surface area contributed by atoms with Crippen LogP contribution in [0.5, 0.6) is 0 Å². The molecule has 0 aliphatic heterocycles. The zero-order valence-electron chi connectivity index (χ0n) is 15.0. The Kier molecular flexibility index (Phi) is 6.20. The Morgan fingerprint density at radius 3 is 2.67 bits per heavy atom. The predicted molar refractivity (Wildman–Crippen MR) is 109 cm³/mol. The summed E-state index contributed by atoms with van der Waals surface area (Å²) in [4.78, 5) is 31.1. The van der Waals surface area contributed by atoms with Crippen LogP contribution in [-0.2, 0) is 6.54 Å². The third-order valence-corrected chi connectivity index (χ3v) is 4.93. The van der Waals surface area contributed by atoms with Crippen LogP contribution in [0.2, 0.25) is 0 Å². The van der Waals surface area contributed by atoms with E-state index in [1.165, 1.54) is 11.8 Å². The second-order valence-corrected chi connectivity index (χ2v) is 7.23. The van der Waals surface area contributed by atoms with Gasteiger partial charge in [0.05, 0.1) is 6.54 Å². The number of pyridine rings is 1. The number of hydrogen-bond donors (Lipinski definition) is 3. The molecule has 1 aromatic carbocycles. The number of anilines is 3. The first-order chi connectivity index (χ1) is 13.1. The van der Waals surface area contributed by atoms with Crippen molar-refractivity contribution in [2.24, 2.45) is 0 Å². The standard InChI is InChI=1S/C19H22N4O3S/c1-13(24)22-17-16(18(25)19(17)26)21-9-5-10-23(12-14-6-4-11-27-14)15-7-2-3-8-20-15/h2-4,6-8,11,13,21-22,24H,5,9-10,12H2,1H3. The van der Waals surface area contributed by atoms with E-state index in [4.69, 9.17) is 0 Å². The molecule has 1 atom stereocenters. The second-order valence-electron chi connectivity index (χ2n) is 6.20. The Bertz CT molecular complexity index is 918. The fraction of sp³-hybridized carbons (Fsp3) is 0.316. The van der Waals surface area contributed by atoms with Gasteiger partial charge in [0.1, 0.15) is 23.4 Å². The molecule has 2 aromatic heterocycles. The summed E-state index contributed by atoms with van der Waals surface area (Å²) in [7, 11) is 0. The Labute approximate surface area is 161 Å². The van der Waals surface area contributed by atoms with Gasteiger partial charge in [-0.15, -0.1) is 11.3 Å². The highest BCUT2D eigenvalue weighted by Crippen LogP contribution is 2.18. The van der Waals surface area contributed by atoms with Gasteiger partial charge in [-0.2, -0.15) is 0 Å². The molecule has 0 radical (unpaired) electrons. The lowest BCUT2D eigenvalue weighted by Gasteiger charge is -2.23. The molecular weight excluding hydrogens is 364 g/mol. The number of aliphatic hydroxyl groups is 1. The van der Waals surface area contributed by atoms with Gasteiger partial charge in [-0.1, -0.05) is 12.1 Å². The Morgan fingerprint density at radius 1 is 1.19 bits per heavy atom. The number of nitrogens with one attached hydrogen (secondary N) is 2. The van der Waals surface area contributed by atoms with Crippen LogP contribution in [0.15, 0.2) is 51.5 Å². The molecule has 0 saturated heterocycles. The van der Waals surface area contributed by atoms with Crippen molar-refractivity contribution < 1.29 is 5.11 Å². The van der Waals surface area contributed by atoms with Gasteiger partial charge >= 0.3 is 0 Å². The maximum absolute atomic E-state index is 11.7. The van der Waals surface area contributed by atoms with E-state index in [-0.39, 0.29) is 11.4 Å². The van der Waals surface area contributed by atoms with E-state index in [0.29, 0.717) is 6.54 Å². The summed E-state index contributed by atoms with van der Waals surface area (Å²) >= 11 is 1.70. The highest BCUT2D eigenvalue weighted by atomic mass is 32.1. The largest absolute Gasteiger partial charge is 0.380 e. The summed E-state index contributed by atoms with van der Waals surface area (Å²) < 4.78 is 0. The molecule has 1 unspecified atom stereocenters. The molecule has 142 valence electrons. The molecule has 3 aromatic rings. The molecule has 3 N–H and O–H groups in total. The number of nitrogens with zero attached hydrogens (tertiary/aromatic N) is 2. The Hall–Kier alpha value is -2.71. The first kappa shape index (κ1) is 19.1. The third-order valence-electron chi connectivity index (χ3n) is 4.07. The van der Waals surface area contributed by atoms with Crippen LogP contribution in [-0.4, -0.2) is 29.4 Å². The molecule has 0 bridgehead atoms. The molecule has 0 amide bonds. The van der Waals surface area contributed by atoms with Crippen LogP contribution in [0.3, 0.4) is 0 Å². The van der Waals surface area contributed by atoms with Crippen molar-refractivity contribution in [2.45, 2.75) is 26.1 Å². The predicted octanol–water partition coefficient (Wildman–Crippen LogP) is 2.00. The molecular formula is C19H22N4O3S. The van der Waals surface area contributed by atoms with Crippen molar-refractivity contribution in [3.8, 4) is 0 Å². The number of aliphatic hydroxyl groups excluding tert-OH is 1. The average molecular weight is 386 g/mol. The molecule has 0 aliphatic carbocycles. The van der Waals surface area contributed by atoms with E-state index >= 15 is 0 Å². The number of aromatic nitrogens is 1. The summed E-state index contributed by atoms with van der Waals surface area (Å²) in [5, 5.41) is 17.0. The number of rotatable bonds is 10. The molecule has 2 heterocycles. The van der Waals surface area contributed by atoms with E-state index in [1.807, 2.05) is 24.3 Å². The molecule has 3 rings (SSSR count). The lowest BCUT2D eigenvalue weighted by Crippen LogP contribution is -2.39. The highest BCUT2D eigenvalue weighted by Gasteiger charge is 2.21. The van der Waals surface area contributed by atoms with E-state index in [1.54, 1.807) is 17.5 Å². The van der Waals surface area contributed by atoms with E-state index in [2.05, 4.69) is 32.0 Å². The first-order valence-electron chi connectivity index (χ1n) is 8.76. The lowest BCUT2D eigenvalue weighted by atomic mass is 10.2. The van der Waals surface area contributed by atoms with Crippen LogP contribution in [0.4, 0.5) is 17.2 Å². The molecule has 8 heteroatoms. The quantitative estimate of drug-likeness (QED) is 0.279. The summed E-state index contributed by atoms with van der Waals surface area (Å²) in [5.74, 6) is 0.900. The Balaban J connectivity index is 1.58. The van der Waals surface area contributed by atoms with Crippen LogP contribution in [0, 0.1) is 0 Å². The SMILES string of the molecule is CC(O)Nc1c(NCCCN(Cc2cccs2)c2ccccn2)c(=O)c1=O. The zero-order chi connectivity index (χ0) is 19.2. The zero-order valence-corrected chi connectivity index (χ0v) is 15.8. The fourth-order valence-corrected chi connectivity index (χ4v) is 3.52. The smallest absolute Gasteiger partial charge is 0.253 e. The third kappa shape index (κ3) is 4.72. The van der Waals surface area contributed by atoms with Crippen molar-refractivity contribution in [1.29, 1.82) is 0 Å². The minimum absolute atomic E-state index is 0.162. The second kappa shape index (κ2) is 8.79. The van der Waals surface area contributed by atoms with Gasteiger partial charge in [0.25, 0.3) is 10.9 Å². The maximum Gasteiger partial charge on any atom is 0.253 e. The molecule has 0 fully saturated rings. The van der Waals surface area contributed by atoms with Crippen LogP contribution < -0.4 is 26.4 Å². The van der Waals surface area contributed by atoms with E-state index in [9.17, 15) is 14.7 Å². The average Bonchev–Trinajstić information content (AvgIpc) is 3.19. The summed E-state index contributed by atoms with van der Waals surface area (Å²) in [5.41, 5.74) is -0.719. The van der Waals surface area contributed by atoms with Crippen LogP contribution in [0.25, 0.3) is 0 Å². The summed E-state index contributed by atoms with van der Waals surface area (Å²) in [6.45, 7) is 3.54. The minimum atomic E-state index is -0.890. The van der Waals surface area contributed by atoms with Gasteiger partial charge in [-0.25, -0.2) is 4.98 Å². The van der Waals surface area contributed by atoms with Gasteiger partial charge in [0.15, 0.2) is 0 Å². The molecule has 7 nitrogen and oxygen atoms in total. The van der Waals surface area contributed by atoms with Crippen molar-refractivity contribution >= 4 is 28.5 Å². The summed E-state index contributed by atoms with van der Waals surface area (Å²) in [6, 6.07) is 9.94. The molecule has 0 saturated carbocycles. The van der Waals surface area contributed by atoms with E-state index < -0.39 is 17.1 Å². The van der Waals surface area contributed by atoms with Crippen LogP contribution >= 0.6 is 11.3 Å². The van der Waals surface area contributed by atoms with Gasteiger partial charge in [0.2, 0.25) is 0 Å². The monoisotopic (exact) mass is 386 g/mol. The number of hydrogen-bond acceptors (Lipinski definition) is 8. The highest BCUT2D eigenvalue weighted by molar-refractivity contribution is 7.09. The van der Waals surface area contributed by atoms with Crippen molar-refractivity contribution in [3.63, 3.8) is 0 Å². The normalized spacial score (nSPS) is 12.1. The summed E-state index contributed by atoms with van der Waals surface area (Å²) in [6.07, 6.45) is 1.64. The van der Waals surface area contributed by atoms with Crippen molar-refractivity contribution in [3.05, 3.63) is 67.2 Å². The molecule has 27 heavy (non-hydrogen) atoms. The van der Waals surface area contributed by atoms with E-state index in [0.717, 1.165) is 25.3 Å².